The van der Waals surface area contributed by atoms with Crippen molar-refractivity contribution in [2.75, 3.05) is 26.4 Å². The molecule has 0 radical (unpaired) electrons. The summed E-state index contributed by atoms with van der Waals surface area (Å²) in [6.07, 6.45) is -0.941. The zero-order valence-corrected chi connectivity index (χ0v) is 18.2. The minimum Gasteiger partial charge on any atom is -0.463 e. The Balaban J connectivity index is 4.10. The zero-order valence-electron chi connectivity index (χ0n) is 18.2. The van der Waals surface area contributed by atoms with Crippen LogP contribution < -0.4 is 0 Å². The van der Waals surface area contributed by atoms with Crippen LogP contribution in [-0.4, -0.2) is 74.7 Å². The number of rotatable bonds is 14. The predicted molar refractivity (Wildman–Crippen MR) is 104 cm³/mol. The predicted octanol–water partition coefficient (Wildman–Crippen LogP) is 1.34. The smallest absolute Gasteiger partial charge is 0.417 e. The van der Waals surface area contributed by atoms with Gasteiger partial charge < -0.3 is 28.4 Å². The summed E-state index contributed by atoms with van der Waals surface area (Å²) in [7, 11) is 0. The van der Waals surface area contributed by atoms with Gasteiger partial charge in [0.1, 0.15) is 25.4 Å². The lowest BCUT2D eigenvalue weighted by Gasteiger charge is -2.19. The molecule has 0 fully saturated rings. The van der Waals surface area contributed by atoms with E-state index in [4.69, 9.17) is 28.4 Å². The molecule has 0 aromatic heterocycles. The van der Waals surface area contributed by atoms with E-state index in [1.54, 1.807) is 34.6 Å². The van der Waals surface area contributed by atoms with Crippen molar-refractivity contribution in [1.82, 2.24) is 0 Å². The summed E-state index contributed by atoms with van der Waals surface area (Å²) in [6.45, 7) is 11.5. The van der Waals surface area contributed by atoms with E-state index in [0.717, 1.165) is 6.08 Å². The van der Waals surface area contributed by atoms with E-state index in [1.807, 2.05) is 0 Å². The number of carbonyl (C=O) groups excluding carboxylic acids is 4. The number of ether oxygens (including phenoxy) is 6. The van der Waals surface area contributed by atoms with Crippen LogP contribution >= 0.6 is 0 Å². The molecule has 0 N–H and O–H groups in total. The maximum absolute atomic E-state index is 11.8. The van der Waals surface area contributed by atoms with Gasteiger partial charge in [-0.1, -0.05) is 13.5 Å². The number of esters is 4. The molecule has 10 heteroatoms. The standard InChI is InChI=1S/C20H32O10/c1-7-17(21)27-9-13(3)25-11-15(5)29-19(23)20(24)30-16(6)12-26-14(4)10-28-18(22)8-2/h7,13-16H,1,8-12H2,2-6H3. The van der Waals surface area contributed by atoms with Gasteiger partial charge in [-0.2, -0.15) is 0 Å². The molecule has 0 bridgehead atoms. The van der Waals surface area contributed by atoms with E-state index in [9.17, 15) is 19.2 Å². The Morgan fingerprint density at radius 3 is 1.57 bits per heavy atom. The first kappa shape index (κ1) is 27.5. The van der Waals surface area contributed by atoms with Crippen molar-refractivity contribution in [2.24, 2.45) is 0 Å². The van der Waals surface area contributed by atoms with Crippen LogP contribution in [0.5, 0.6) is 0 Å². The van der Waals surface area contributed by atoms with Crippen molar-refractivity contribution >= 4 is 23.9 Å². The fourth-order valence-electron chi connectivity index (χ4n) is 1.80. The third-order valence-electron chi connectivity index (χ3n) is 3.41. The minimum atomic E-state index is -1.16. The first-order valence-corrected chi connectivity index (χ1v) is 9.68. The van der Waals surface area contributed by atoms with E-state index in [2.05, 4.69) is 6.58 Å². The van der Waals surface area contributed by atoms with E-state index >= 15 is 0 Å². The molecule has 0 aromatic rings. The molecule has 0 aromatic carbocycles. The quantitative estimate of drug-likeness (QED) is 0.172. The monoisotopic (exact) mass is 432 g/mol. The van der Waals surface area contributed by atoms with Crippen molar-refractivity contribution in [3.05, 3.63) is 12.7 Å². The summed E-state index contributed by atoms with van der Waals surface area (Å²) in [4.78, 5) is 45.7. The lowest BCUT2D eigenvalue weighted by molar-refractivity contribution is -0.177. The Bertz CT molecular complexity index is 574. The lowest BCUT2D eigenvalue weighted by atomic mass is 10.4. The summed E-state index contributed by atoms with van der Waals surface area (Å²) in [6, 6.07) is 0. The molecule has 30 heavy (non-hydrogen) atoms. The molecule has 0 rings (SSSR count). The van der Waals surface area contributed by atoms with Gasteiger partial charge >= 0.3 is 23.9 Å². The largest absolute Gasteiger partial charge is 0.463 e. The summed E-state index contributed by atoms with van der Waals surface area (Å²) >= 11 is 0. The molecule has 172 valence electrons. The van der Waals surface area contributed by atoms with Crippen LogP contribution in [0.4, 0.5) is 0 Å². The highest BCUT2D eigenvalue weighted by molar-refractivity contribution is 6.29. The van der Waals surface area contributed by atoms with E-state index in [-0.39, 0.29) is 38.8 Å². The second-order valence-corrected chi connectivity index (χ2v) is 6.59. The third-order valence-corrected chi connectivity index (χ3v) is 3.41. The van der Waals surface area contributed by atoms with Crippen molar-refractivity contribution in [2.45, 2.75) is 65.5 Å². The normalized spacial score (nSPS) is 14.6. The molecule has 0 heterocycles. The highest BCUT2D eigenvalue weighted by atomic mass is 16.6. The first-order chi connectivity index (χ1) is 14.1. The van der Waals surface area contributed by atoms with Gasteiger partial charge in [0.25, 0.3) is 0 Å². The Kier molecular flexibility index (Phi) is 14.1. The van der Waals surface area contributed by atoms with Crippen molar-refractivity contribution in [3.63, 3.8) is 0 Å². The molecule has 0 saturated heterocycles. The van der Waals surface area contributed by atoms with Crippen LogP contribution in [0.25, 0.3) is 0 Å². The molecule has 4 atom stereocenters. The number of hydrogen-bond acceptors (Lipinski definition) is 10. The molecule has 0 saturated carbocycles. The Morgan fingerprint density at radius 1 is 0.733 bits per heavy atom. The van der Waals surface area contributed by atoms with Crippen molar-refractivity contribution in [1.29, 1.82) is 0 Å². The van der Waals surface area contributed by atoms with Crippen LogP contribution in [0.2, 0.25) is 0 Å². The molecule has 0 spiro atoms. The van der Waals surface area contributed by atoms with Gasteiger partial charge in [-0.15, -0.1) is 0 Å². The van der Waals surface area contributed by atoms with Crippen LogP contribution in [0.3, 0.4) is 0 Å². The molecule has 0 amide bonds. The SMILES string of the molecule is C=CC(=O)OCC(C)OCC(C)OC(=O)C(=O)OC(C)COC(C)COC(=O)CC. The third kappa shape index (κ3) is 13.7. The molecular weight excluding hydrogens is 400 g/mol. The maximum atomic E-state index is 11.8. The van der Waals surface area contributed by atoms with E-state index in [0.29, 0.717) is 0 Å². The van der Waals surface area contributed by atoms with E-state index < -0.39 is 42.3 Å². The highest BCUT2D eigenvalue weighted by Crippen LogP contribution is 2.03. The average Bonchev–Trinajstić information content (AvgIpc) is 2.72. The van der Waals surface area contributed by atoms with Gasteiger partial charge in [0.05, 0.1) is 25.4 Å². The van der Waals surface area contributed by atoms with Gasteiger partial charge in [-0.05, 0) is 27.7 Å². The molecule has 10 nitrogen and oxygen atoms in total. The molecule has 4 unspecified atom stereocenters. The molecule has 0 aliphatic carbocycles. The van der Waals surface area contributed by atoms with Crippen LogP contribution in [0, 0.1) is 0 Å². The van der Waals surface area contributed by atoms with Gasteiger partial charge in [0.15, 0.2) is 0 Å². The molecule has 0 aliphatic rings. The van der Waals surface area contributed by atoms with Gasteiger partial charge in [-0.25, -0.2) is 14.4 Å². The lowest BCUT2D eigenvalue weighted by Crippen LogP contribution is -2.32. The van der Waals surface area contributed by atoms with Crippen molar-refractivity contribution in [3.8, 4) is 0 Å². The van der Waals surface area contributed by atoms with Gasteiger partial charge in [0.2, 0.25) is 0 Å². The second kappa shape index (κ2) is 15.4. The molecule has 0 aliphatic heterocycles. The van der Waals surface area contributed by atoms with Crippen molar-refractivity contribution < 1.29 is 47.6 Å². The van der Waals surface area contributed by atoms with Gasteiger partial charge in [-0.3, -0.25) is 4.79 Å². The minimum absolute atomic E-state index is 0.00150. The first-order valence-electron chi connectivity index (χ1n) is 9.68. The summed E-state index contributed by atoms with van der Waals surface area (Å²) < 4.78 is 30.4. The Hall–Kier alpha value is -2.46. The fourth-order valence-corrected chi connectivity index (χ4v) is 1.80. The average molecular weight is 432 g/mol. The van der Waals surface area contributed by atoms with Crippen LogP contribution in [-0.2, 0) is 47.6 Å². The molecular formula is C20H32O10. The Morgan fingerprint density at radius 2 is 1.17 bits per heavy atom. The Labute approximate surface area is 176 Å². The van der Waals surface area contributed by atoms with E-state index in [1.165, 1.54) is 0 Å². The number of hydrogen-bond donors (Lipinski definition) is 0. The topological polar surface area (TPSA) is 124 Å². The highest BCUT2D eigenvalue weighted by Gasteiger charge is 2.23. The summed E-state index contributed by atoms with van der Waals surface area (Å²) in [5.41, 5.74) is 0. The maximum Gasteiger partial charge on any atom is 0.417 e. The van der Waals surface area contributed by atoms with Gasteiger partial charge in [0, 0.05) is 12.5 Å². The van der Waals surface area contributed by atoms with Crippen LogP contribution in [0.1, 0.15) is 41.0 Å². The summed E-state index contributed by atoms with van der Waals surface area (Å²) in [5, 5.41) is 0. The second-order valence-electron chi connectivity index (χ2n) is 6.59. The fraction of sp³-hybridized carbons (Fsp3) is 0.700. The summed E-state index contributed by atoms with van der Waals surface area (Å²) in [5.74, 6) is -3.22. The van der Waals surface area contributed by atoms with Crippen LogP contribution in [0.15, 0.2) is 12.7 Å². The zero-order chi connectivity index (χ0) is 23.1. The number of carbonyl (C=O) groups is 4.